The molecule has 0 aromatic heterocycles. The van der Waals surface area contributed by atoms with Gasteiger partial charge in [0.15, 0.2) is 0 Å². The van der Waals surface area contributed by atoms with Crippen LogP contribution >= 0.6 is 0 Å². The molecule has 5 nitrogen and oxygen atoms in total. The molecule has 27 heavy (non-hydrogen) atoms. The minimum atomic E-state index is -0.965. The first-order chi connectivity index (χ1) is 12.5. The Hall–Kier alpha value is -1.82. The van der Waals surface area contributed by atoms with E-state index in [4.69, 9.17) is 9.84 Å². The summed E-state index contributed by atoms with van der Waals surface area (Å²) < 4.78 is 5.65. The number of aliphatic carboxylic acids is 1. The van der Waals surface area contributed by atoms with Crippen molar-refractivity contribution >= 4 is 11.9 Å². The molecule has 0 heterocycles. The molecule has 2 N–H and O–H groups in total. The van der Waals surface area contributed by atoms with Crippen molar-refractivity contribution in [2.75, 3.05) is 6.61 Å². The summed E-state index contributed by atoms with van der Waals surface area (Å²) in [7, 11) is 0. The number of nitrogens with one attached hydrogen (secondary N) is 1. The molecule has 2 aromatic carbocycles. The fourth-order valence-electron chi connectivity index (χ4n) is 2.47. The van der Waals surface area contributed by atoms with Crippen molar-refractivity contribution in [1.82, 2.24) is 5.32 Å². The summed E-state index contributed by atoms with van der Waals surface area (Å²) in [6.07, 6.45) is 0.794. The predicted molar refractivity (Wildman–Crippen MR) is 100 cm³/mol. The Morgan fingerprint density at radius 2 is 1.67 bits per heavy atom. The molecule has 0 bridgehead atoms. The molecule has 0 spiro atoms. The van der Waals surface area contributed by atoms with Gasteiger partial charge >= 0.3 is 35.5 Å². The van der Waals surface area contributed by atoms with E-state index in [1.807, 2.05) is 18.2 Å². The van der Waals surface area contributed by atoms with Crippen molar-refractivity contribution in [1.29, 1.82) is 0 Å². The van der Waals surface area contributed by atoms with Gasteiger partial charge in [0, 0.05) is 5.56 Å². The van der Waals surface area contributed by atoms with Crippen molar-refractivity contribution < 1.29 is 49.0 Å². The van der Waals surface area contributed by atoms with Crippen LogP contribution in [0.5, 0.6) is 5.75 Å². The van der Waals surface area contributed by atoms with Crippen LogP contribution in [0.4, 0.5) is 0 Å². The second kappa shape index (κ2) is 11.8. The molecule has 6 heteroatoms. The maximum Gasteiger partial charge on any atom is 1.00 e. The molecular weight excluding hydrogens is 353 g/mol. The van der Waals surface area contributed by atoms with E-state index in [1.165, 1.54) is 0 Å². The van der Waals surface area contributed by atoms with E-state index in [0.717, 1.165) is 12.0 Å². The van der Waals surface area contributed by atoms with Crippen LogP contribution in [0.2, 0.25) is 0 Å². The van der Waals surface area contributed by atoms with Crippen LogP contribution in [0.1, 0.15) is 48.7 Å². The number of ether oxygens (including phenoxy) is 1. The van der Waals surface area contributed by atoms with Crippen LogP contribution < -0.4 is 39.6 Å². The number of benzene rings is 2. The largest absolute Gasteiger partial charge is 1.00 e. The van der Waals surface area contributed by atoms with Gasteiger partial charge in [0.25, 0.3) is 5.91 Å². The summed E-state index contributed by atoms with van der Waals surface area (Å²) in [5.41, 5.74) is 1.23. The first kappa shape index (κ1) is 23.2. The molecule has 2 aromatic rings. The monoisotopic (exact) mass is 378 g/mol. The Balaban J connectivity index is 0.00000364. The van der Waals surface area contributed by atoms with E-state index in [1.54, 1.807) is 36.4 Å². The maximum absolute atomic E-state index is 12.5. The van der Waals surface area contributed by atoms with Crippen LogP contribution in [0.3, 0.4) is 0 Å². The summed E-state index contributed by atoms with van der Waals surface area (Å²) in [4.78, 5) is 23.6. The second-order valence-corrected chi connectivity index (χ2v) is 6.59. The zero-order chi connectivity index (χ0) is 18.9. The van der Waals surface area contributed by atoms with E-state index < -0.39 is 12.0 Å². The van der Waals surface area contributed by atoms with Gasteiger partial charge in [0.2, 0.25) is 0 Å². The van der Waals surface area contributed by atoms with Crippen molar-refractivity contribution in [3.8, 4) is 5.75 Å². The number of carboxylic acid groups (broad SMARTS) is 1. The van der Waals surface area contributed by atoms with Gasteiger partial charge in [-0.3, -0.25) is 9.59 Å². The van der Waals surface area contributed by atoms with Gasteiger partial charge in [-0.05, 0) is 42.2 Å². The summed E-state index contributed by atoms with van der Waals surface area (Å²) in [6, 6.07) is 15.4. The van der Waals surface area contributed by atoms with Crippen LogP contribution in [0.25, 0.3) is 0 Å². The number of carbonyl (C=O) groups is 2. The number of hydrogen-bond donors (Lipinski definition) is 2. The summed E-state index contributed by atoms with van der Waals surface area (Å²) >= 11 is 0. The first-order valence-corrected chi connectivity index (χ1v) is 8.76. The fraction of sp³-hybridized carbons (Fsp3) is 0.333. The Kier molecular flexibility index (Phi) is 10.1. The van der Waals surface area contributed by atoms with Crippen molar-refractivity contribution in [2.45, 2.75) is 32.7 Å². The quantitative estimate of drug-likeness (QED) is 0.640. The standard InChI is InChI=1S/C21H25NO4.Na/c1-15(2)12-13-26-18-10-8-17(9-11-18)21(25)22-19(14-20(23)24)16-6-4-3-5-7-16;/h3-11,15,19H,12-14H2,1-2H3,(H,22,25)(H,23,24);/q;+1. The van der Waals surface area contributed by atoms with Crippen LogP contribution in [-0.4, -0.2) is 23.6 Å². The van der Waals surface area contributed by atoms with E-state index in [-0.39, 0.29) is 41.9 Å². The summed E-state index contributed by atoms with van der Waals surface area (Å²) in [5, 5.41) is 11.9. The van der Waals surface area contributed by atoms with Crippen LogP contribution in [0.15, 0.2) is 54.6 Å². The number of carbonyl (C=O) groups excluding carboxylic acids is 1. The maximum atomic E-state index is 12.5. The minimum Gasteiger partial charge on any atom is -0.494 e. The van der Waals surface area contributed by atoms with E-state index in [2.05, 4.69) is 19.2 Å². The number of carboxylic acids is 1. The molecule has 0 fully saturated rings. The van der Waals surface area contributed by atoms with Crippen molar-refractivity contribution in [3.63, 3.8) is 0 Å². The summed E-state index contributed by atoms with van der Waals surface area (Å²) in [6.45, 7) is 4.91. The third-order valence-electron chi connectivity index (χ3n) is 3.97. The minimum absolute atomic E-state index is 0. The SMILES string of the molecule is CC(C)CCOc1ccc(C(=O)NC(CC(=O)O)c2ccccc2)cc1.[Na+]. The van der Waals surface area contributed by atoms with Crippen molar-refractivity contribution in [2.24, 2.45) is 5.92 Å². The molecule has 138 valence electrons. The summed E-state index contributed by atoms with van der Waals surface area (Å²) in [5.74, 6) is 0.0124. The van der Waals surface area contributed by atoms with Gasteiger partial charge in [-0.2, -0.15) is 0 Å². The zero-order valence-corrected chi connectivity index (χ0v) is 18.1. The van der Waals surface area contributed by atoms with Gasteiger partial charge < -0.3 is 15.2 Å². The molecule has 1 amide bonds. The fourth-order valence-corrected chi connectivity index (χ4v) is 2.47. The van der Waals surface area contributed by atoms with Crippen LogP contribution in [-0.2, 0) is 4.79 Å². The van der Waals surface area contributed by atoms with Crippen LogP contribution in [0, 0.1) is 5.92 Å². The smallest absolute Gasteiger partial charge is 0.494 e. The molecule has 0 saturated carbocycles. The van der Waals surface area contributed by atoms with Gasteiger partial charge in [-0.1, -0.05) is 44.2 Å². The van der Waals surface area contributed by atoms with E-state index >= 15 is 0 Å². The molecule has 0 aliphatic carbocycles. The molecule has 0 saturated heterocycles. The van der Waals surface area contributed by atoms with E-state index in [0.29, 0.717) is 23.8 Å². The predicted octanol–water partition coefficient (Wildman–Crippen LogP) is 1.06. The number of rotatable bonds is 9. The van der Waals surface area contributed by atoms with E-state index in [9.17, 15) is 9.59 Å². The molecule has 2 rings (SSSR count). The Labute approximate surface area is 182 Å². The topological polar surface area (TPSA) is 75.6 Å². The molecule has 0 radical (unpaired) electrons. The average Bonchev–Trinajstić information content (AvgIpc) is 2.62. The molecule has 0 aliphatic heterocycles. The molecule has 0 aliphatic rings. The van der Waals surface area contributed by atoms with Gasteiger partial charge in [-0.25, -0.2) is 0 Å². The Bertz CT molecular complexity index is 717. The normalized spacial score (nSPS) is 11.4. The Morgan fingerprint density at radius 3 is 2.22 bits per heavy atom. The number of hydrogen-bond acceptors (Lipinski definition) is 3. The van der Waals surface area contributed by atoms with Gasteiger partial charge in [-0.15, -0.1) is 0 Å². The Morgan fingerprint density at radius 1 is 1.04 bits per heavy atom. The first-order valence-electron chi connectivity index (χ1n) is 8.76. The third-order valence-corrected chi connectivity index (χ3v) is 3.97. The molecular formula is C21H25NNaO4+. The van der Waals surface area contributed by atoms with Crippen molar-refractivity contribution in [3.05, 3.63) is 65.7 Å². The zero-order valence-electron chi connectivity index (χ0n) is 16.1. The average molecular weight is 378 g/mol. The number of amides is 1. The van der Waals surface area contributed by atoms with Gasteiger partial charge in [0.1, 0.15) is 5.75 Å². The molecule has 1 unspecified atom stereocenters. The molecule has 1 atom stereocenters. The second-order valence-electron chi connectivity index (χ2n) is 6.59. The van der Waals surface area contributed by atoms with Gasteiger partial charge in [0.05, 0.1) is 19.1 Å². The third kappa shape index (κ3) is 8.16.